The second kappa shape index (κ2) is 8.66. The van der Waals surface area contributed by atoms with Gasteiger partial charge in [-0.15, -0.1) is 10.2 Å². The van der Waals surface area contributed by atoms with Crippen molar-refractivity contribution in [3.05, 3.63) is 36.4 Å². The van der Waals surface area contributed by atoms with Gasteiger partial charge in [0.05, 0.1) is 11.5 Å². The van der Waals surface area contributed by atoms with Gasteiger partial charge in [0, 0.05) is 13.6 Å². The van der Waals surface area contributed by atoms with Crippen molar-refractivity contribution in [3.8, 4) is 5.75 Å². The van der Waals surface area contributed by atoms with Crippen molar-refractivity contribution in [2.24, 2.45) is 0 Å². The molecule has 0 saturated carbocycles. The van der Waals surface area contributed by atoms with E-state index >= 15 is 0 Å². The molecule has 0 aliphatic rings. The Bertz CT molecular complexity index is 761. The summed E-state index contributed by atoms with van der Waals surface area (Å²) in [5.74, 6) is 1.51. The lowest BCUT2D eigenvalue weighted by Gasteiger charge is -2.17. The zero-order valence-corrected chi connectivity index (χ0v) is 15.6. The van der Waals surface area contributed by atoms with Crippen LogP contribution in [0.15, 0.2) is 41.3 Å². The largest absolute Gasteiger partial charge is 0.494 e. The van der Waals surface area contributed by atoms with Gasteiger partial charge in [-0.1, -0.05) is 13.3 Å². The lowest BCUT2D eigenvalue weighted by atomic mass is 10.3. The molecule has 1 heterocycles. The molecule has 1 aromatic heterocycles. The Hall–Kier alpha value is -2.35. The van der Waals surface area contributed by atoms with Crippen LogP contribution in [0.3, 0.4) is 0 Å². The lowest BCUT2D eigenvalue weighted by molar-refractivity contribution is 0.340. The number of hydrogen-bond donors (Lipinski definition) is 1. The Kier molecular flexibility index (Phi) is 6.58. The molecule has 0 fully saturated rings. The van der Waals surface area contributed by atoms with Gasteiger partial charge in [-0.05, 0) is 49.7 Å². The van der Waals surface area contributed by atoms with Crippen LogP contribution in [0.2, 0.25) is 0 Å². The van der Waals surface area contributed by atoms with Gasteiger partial charge in [-0.3, -0.25) is 4.72 Å². The SMILES string of the molecule is CCCCN(C)c1ccc(NS(=O)(=O)c2ccc(OCC)cc2)nn1. The van der Waals surface area contributed by atoms with Crippen molar-refractivity contribution in [1.82, 2.24) is 10.2 Å². The molecule has 2 rings (SSSR count). The summed E-state index contributed by atoms with van der Waals surface area (Å²) in [5, 5.41) is 8.04. The number of rotatable bonds is 9. The molecule has 0 unspecified atom stereocenters. The number of unbranched alkanes of at least 4 members (excludes halogenated alkanes) is 1. The third-order valence-electron chi connectivity index (χ3n) is 3.57. The van der Waals surface area contributed by atoms with Gasteiger partial charge in [0.15, 0.2) is 11.6 Å². The molecule has 2 aromatic rings. The number of nitrogens with zero attached hydrogens (tertiary/aromatic N) is 3. The van der Waals surface area contributed by atoms with Crippen molar-refractivity contribution in [3.63, 3.8) is 0 Å². The molecule has 0 aliphatic heterocycles. The van der Waals surface area contributed by atoms with Gasteiger partial charge >= 0.3 is 0 Å². The number of hydrogen-bond acceptors (Lipinski definition) is 6. The van der Waals surface area contributed by atoms with Crippen molar-refractivity contribution >= 4 is 21.7 Å². The highest BCUT2D eigenvalue weighted by molar-refractivity contribution is 7.92. The summed E-state index contributed by atoms with van der Waals surface area (Å²) >= 11 is 0. The van der Waals surface area contributed by atoms with Gasteiger partial charge in [0.2, 0.25) is 0 Å². The maximum absolute atomic E-state index is 12.4. The van der Waals surface area contributed by atoms with E-state index < -0.39 is 10.0 Å². The first-order chi connectivity index (χ1) is 12.0. The minimum absolute atomic E-state index is 0.141. The summed E-state index contributed by atoms with van der Waals surface area (Å²) in [6.45, 7) is 5.40. The van der Waals surface area contributed by atoms with Crippen LogP contribution in [0.1, 0.15) is 26.7 Å². The molecule has 0 saturated heterocycles. The van der Waals surface area contributed by atoms with Crippen LogP contribution < -0.4 is 14.4 Å². The van der Waals surface area contributed by atoms with E-state index in [-0.39, 0.29) is 10.7 Å². The Labute approximate surface area is 149 Å². The third kappa shape index (κ3) is 5.32. The molecular weight excluding hydrogens is 340 g/mol. The second-order valence-electron chi connectivity index (χ2n) is 5.56. The van der Waals surface area contributed by atoms with Crippen LogP contribution >= 0.6 is 0 Å². The van der Waals surface area contributed by atoms with Crippen molar-refractivity contribution in [2.75, 3.05) is 29.8 Å². The van der Waals surface area contributed by atoms with Crippen molar-refractivity contribution < 1.29 is 13.2 Å². The highest BCUT2D eigenvalue weighted by Crippen LogP contribution is 2.19. The molecular formula is C17H24N4O3S. The molecule has 0 aliphatic carbocycles. The molecule has 0 spiro atoms. The molecule has 0 bridgehead atoms. The van der Waals surface area contributed by atoms with Gasteiger partial charge in [0.1, 0.15) is 5.75 Å². The number of anilines is 2. The van der Waals surface area contributed by atoms with Crippen LogP contribution in [0, 0.1) is 0 Å². The molecule has 25 heavy (non-hydrogen) atoms. The third-order valence-corrected chi connectivity index (χ3v) is 4.94. The summed E-state index contributed by atoms with van der Waals surface area (Å²) in [5.41, 5.74) is 0. The van der Waals surface area contributed by atoms with E-state index in [1.807, 2.05) is 18.9 Å². The first kappa shape index (κ1) is 19.0. The highest BCUT2D eigenvalue weighted by Gasteiger charge is 2.15. The zero-order chi connectivity index (χ0) is 18.3. The summed E-state index contributed by atoms with van der Waals surface area (Å²) in [4.78, 5) is 2.13. The number of aromatic nitrogens is 2. The normalized spacial score (nSPS) is 11.2. The summed E-state index contributed by atoms with van der Waals surface area (Å²) in [7, 11) is -1.78. The average Bonchev–Trinajstić information content (AvgIpc) is 2.61. The van der Waals surface area contributed by atoms with Crippen LogP contribution in [-0.2, 0) is 10.0 Å². The summed E-state index contributed by atoms with van der Waals surface area (Å²) in [6.07, 6.45) is 2.15. The zero-order valence-electron chi connectivity index (χ0n) is 14.8. The standard InChI is InChI=1S/C17H24N4O3S/c1-4-6-13-21(3)17-12-11-16(18-19-17)20-25(22,23)15-9-7-14(8-10-15)24-5-2/h7-12H,4-6,13H2,1-3H3,(H,18,20). The molecule has 136 valence electrons. The first-order valence-electron chi connectivity index (χ1n) is 8.26. The van der Waals surface area contributed by atoms with Crippen molar-refractivity contribution in [2.45, 2.75) is 31.6 Å². The smallest absolute Gasteiger partial charge is 0.263 e. The molecule has 0 amide bonds. The summed E-state index contributed by atoms with van der Waals surface area (Å²) < 4.78 is 32.5. The predicted molar refractivity (Wildman–Crippen MR) is 98.6 cm³/mol. The van der Waals surface area contributed by atoms with Gasteiger partial charge in [-0.25, -0.2) is 8.42 Å². The first-order valence-corrected chi connectivity index (χ1v) is 9.75. The number of ether oxygens (including phenoxy) is 1. The van der Waals surface area contributed by atoms with E-state index in [0.29, 0.717) is 18.2 Å². The van der Waals surface area contributed by atoms with E-state index in [1.165, 1.54) is 12.1 Å². The van der Waals surface area contributed by atoms with E-state index in [2.05, 4.69) is 21.8 Å². The maximum Gasteiger partial charge on any atom is 0.263 e. The quantitative estimate of drug-likeness (QED) is 0.736. The predicted octanol–water partition coefficient (Wildman–Crippen LogP) is 2.91. The molecule has 0 radical (unpaired) electrons. The number of benzene rings is 1. The Morgan fingerprint density at radius 1 is 1.08 bits per heavy atom. The van der Waals surface area contributed by atoms with Gasteiger partial charge < -0.3 is 9.64 Å². The van der Waals surface area contributed by atoms with E-state index in [0.717, 1.165) is 19.4 Å². The van der Waals surface area contributed by atoms with Crippen LogP contribution in [-0.4, -0.2) is 38.8 Å². The molecule has 7 nitrogen and oxygen atoms in total. The van der Waals surface area contributed by atoms with Crippen LogP contribution in [0.5, 0.6) is 5.75 Å². The van der Waals surface area contributed by atoms with E-state index in [4.69, 9.17) is 4.74 Å². The number of sulfonamides is 1. The lowest BCUT2D eigenvalue weighted by Crippen LogP contribution is -2.20. The molecule has 0 atom stereocenters. The number of nitrogens with one attached hydrogen (secondary N) is 1. The van der Waals surface area contributed by atoms with E-state index in [1.54, 1.807) is 24.3 Å². The molecule has 1 N–H and O–H groups in total. The van der Waals surface area contributed by atoms with E-state index in [9.17, 15) is 8.42 Å². The topological polar surface area (TPSA) is 84.4 Å². The average molecular weight is 364 g/mol. The van der Waals surface area contributed by atoms with Crippen LogP contribution in [0.25, 0.3) is 0 Å². The minimum atomic E-state index is -3.71. The minimum Gasteiger partial charge on any atom is -0.494 e. The Morgan fingerprint density at radius 2 is 1.80 bits per heavy atom. The fourth-order valence-corrected chi connectivity index (χ4v) is 3.17. The summed E-state index contributed by atoms with van der Waals surface area (Å²) in [6, 6.07) is 9.59. The maximum atomic E-state index is 12.4. The fraction of sp³-hybridized carbons (Fsp3) is 0.412. The Morgan fingerprint density at radius 3 is 2.36 bits per heavy atom. The van der Waals surface area contributed by atoms with Gasteiger partial charge in [-0.2, -0.15) is 0 Å². The monoisotopic (exact) mass is 364 g/mol. The molecule has 1 aromatic carbocycles. The Balaban J connectivity index is 2.07. The second-order valence-corrected chi connectivity index (χ2v) is 7.24. The highest BCUT2D eigenvalue weighted by atomic mass is 32.2. The van der Waals surface area contributed by atoms with Crippen LogP contribution in [0.4, 0.5) is 11.6 Å². The van der Waals surface area contributed by atoms with Crippen molar-refractivity contribution in [1.29, 1.82) is 0 Å². The fourth-order valence-electron chi connectivity index (χ4n) is 2.17. The molecule has 8 heteroatoms. The van der Waals surface area contributed by atoms with Gasteiger partial charge in [0.25, 0.3) is 10.0 Å².